The summed E-state index contributed by atoms with van der Waals surface area (Å²) in [6.07, 6.45) is -0.525. The highest BCUT2D eigenvalue weighted by molar-refractivity contribution is 5.54. The first kappa shape index (κ1) is 18.4. The Balaban J connectivity index is 1.99. The van der Waals surface area contributed by atoms with Crippen molar-refractivity contribution in [2.24, 2.45) is 0 Å². The maximum Gasteiger partial charge on any atom is 0.203 e. The van der Waals surface area contributed by atoms with Crippen molar-refractivity contribution in [2.45, 2.75) is 12.2 Å². The SMILES string of the molecule is COc1ccc([C@@H]2OCCO[C@H]2c2cc(OC)c(OC)c(OC)c2)cc1. The van der Waals surface area contributed by atoms with Gasteiger partial charge in [0.1, 0.15) is 18.0 Å². The Kier molecular flexibility index (Phi) is 5.85. The monoisotopic (exact) mass is 360 g/mol. The molecular weight excluding hydrogens is 336 g/mol. The van der Waals surface area contributed by atoms with Gasteiger partial charge in [0.15, 0.2) is 11.5 Å². The summed E-state index contributed by atoms with van der Waals surface area (Å²) in [6.45, 7) is 1.06. The molecule has 1 heterocycles. The van der Waals surface area contributed by atoms with Crippen LogP contribution in [0.4, 0.5) is 0 Å². The van der Waals surface area contributed by atoms with E-state index in [2.05, 4.69) is 0 Å². The molecule has 2 atom stereocenters. The van der Waals surface area contributed by atoms with Gasteiger partial charge in [0.05, 0.1) is 41.7 Å². The van der Waals surface area contributed by atoms with E-state index in [0.29, 0.717) is 30.5 Å². The molecule has 0 amide bonds. The predicted molar refractivity (Wildman–Crippen MR) is 96.5 cm³/mol. The molecule has 0 saturated carbocycles. The van der Waals surface area contributed by atoms with Gasteiger partial charge in [-0.25, -0.2) is 0 Å². The highest BCUT2D eigenvalue weighted by Gasteiger charge is 2.31. The summed E-state index contributed by atoms with van der Waals surface area (Å²) in [6, 6.07) is 11.6. The van der Waals surface area contributed by atoms with Gasteiger partial charge in [0.2, 0.25) is 5.75 Å². The highest BCUT2D eigenvalue weighted by Crippen LogP contribution is 2.44. The summed E-state index contributed by atoms with van der Waals surface area (Å²) >= 11 is 0. The molecular formula is C20H24O6. The molecule has 0 N–H and O–H groups in total. The summed E-state index contributed by atoms with van der Waals surface area (Å²) < 4.78 is 33.6. The van der Waals surface area contributed by atoms with E-state index in [9.17, 15) is 0 Å². The lowest BCUT2D eigenvalue weighted by atomic mass is 9.96. The molecule has 1 aliphatic heterocycles. The molecule has 0 spiro atoms. The van der Waals surface area contributed by atoms with Gasteiger partial charge in [0, 0.05) is 0 Å². The summed E-state index contributed by atoms with van der Waals surface area (Å²) in [5.74, 6) is 2.53. The summed E-state index contributed by atoms with van der Waals surface area (Å²) in [7, 11) is 6.43. The van der Waals surface area contributed by atoms with E-state index in [1.807, 2.05) is 36.4 Å². The van der Waals surface area contributed by atoms with Crippen molar-refractivity contribution in [3.63, 3.8) is 0 Å². The number of ether oxygens (including phenoxy) is 6. The first-order chi connectivity index (χ1) is 12.7. The van der Waals surface area contributed by atoms with Crippen LogP contribution in [0.15, 0.2) is 36.4 Å². The Morgan fingerprint density at radius 2 is 1.23 bits per heavy atom. The van der Waals surface area contributed by atoms with Gasteiger partial charge >= 0.3 is 0 Å². The van der Waals surface area contributed by atoms with Crippen LogP contribution in [0, 0.1) is 0 Å². The van der Waals surface area contributed by atoms with Gasteiger partial charge < -0.3 is 28.4 Å². The van der Waals surface area contributed by atoms with E-state index in [1.54, 1.807) is 28.4 Å². The molecule has 0 aromatic heterocycles. The van der Waals surface area contributed by atoms with E-state index >= 15 is 0 Å². The molecule has 2 aromatic carbocycles. The summed E-state index contributed by atoms with van der Waals surface area (Å²) in [4.78, 5) is 0. The fraction of sp³-hybridized carbons (Fsp3) is 0.400. The molecule has 6 nitrogen and oxygen atoms in total. The second-order valence-corrected chi connectivity index (χ2v) is 5.81. The van der Waals surface area contributed by atoms with Crippen molar-refractivity contribution in [3.05, 3.63) is 47.5 Å². The van der Waals surface area contributed by atoms with Gasteiger partial charge in [-0.15, -0.1) is 0 Å². The van der Waals surface area contributed by atoms with Crippen molar-refractivity contribution in [1.82, 2.24) is 0 Å². The van der Waals surface area contributed by atoms with Crippen molar-refractivity contribution < 1.29 is 28.4 Å². The van der Waals surface area contributed by atoms with E-state index in [4.69, 9.17) is 28.4 Å². The Hall–Kier alpha value is -2.44. The topological polar surface area (TPSA) is 55.4 Å². The maximum absolute atomic E-state index is 6.05. The van der Waals surface area contributed by atoms with Gasteiger partial charge in [-0.3, -0.25) is 0 Å². The van der Waals surface area contributed by atoms with Gasteiger partial charge in [-0.05, 0) is 35.4 Å². The largest absolute Gasteiger partial charge is 0.497 e. The number of benzene rings is 2. The lowest BCUT2D eigenvalue weighted by Gasteiger charge is -2.33. The zero-order chi connectivity index (χ0) is 18.5. The van der Waals surface area contributed by atoms with Crippen LogP contribution in [0.25, 0.3) is 0 Å². The van der Waals surface area contributed by atoms with Crippen molar-refractivity contribution >= 4 is 0 Å². The third-order valence-corrected chi connectivity index (χ3v) is 4.41. The summed E-state index contributed by atoms with van der Waals surface area (Å²) in [5.41, 5.74) is 1.92. The van der Waals surface area contributed by atoms with Crippen molar-refractivity contribution in [3.8, 4) is 23.0 Å². The van der Waals surface area contributed by atoms with Crippen LogP contribution in [-0.4, -0.2) is 41.7 Å². The van der Waals surface area contributed by atoms with Crippen LogP contribution in [0.2, 0.25) is 0 Å². The zero-order valence-corrected chi connectivity index (χ0v) is 15.5. The quantitative estimate of drug-likeness (QED) is 0.785. The standard InChI is InChI=1S/C20H24O6/c1-21-15-7-5-13(6-8-15)18-19(26-10-9-25-18)14-11-16(22-2)20(24-4)17(12-14)23-3/h5-8,11-12,18-19H,9-10H2,1-4H3/t18-,19-/m0/s1. The average Bonchev–Trinajstić information content (AvgIpc) is 2.72. The van der Waals surface area contributed by atoms with Gasteiger partial charge in [0.25, 0.3) is 0 Å². The second-order valence-electron chi connectivity index (χ2n) is 5.81. The third kappa shape index (κ3) is 3.57. The fourth-order valence-corrected chi connectivity index (χ4v) is 3.13. The first-order valence-corrected chi connectivity index (χ1v) is 8.38. The molecule has 26 heavy (non-hydrogen) atoms. The smallest absolute Gasteiger partial charge is 0.203 e. The molecule has 1 saturated heterocycles. The van der Waals surface area contributed by atoms with Crippen LogP contribution < -0.4 is 18.9 Å². The molecule has 2 aromatic rings. The number of methoxy groups -OCH3 is 4. The number of hydrogen-bond acceptors (Lipinski definition) is 6. The molecule has 0 radical (unpaired) electrons. The maximum atomic E-state index is 6.05. The minimum atomic E-state index is -0.286. The Morgan fingerprint density at radius 1 is 0.692 bits per heavy atom. The van der Waals surface area contributed by atoms with Gasteiger partial charge in [-0.1, -0.05) is 12.1 Å². The number of rotatable bonds is 6. The lowest BCUT2D eigenvalue weighted by molar-refractivity contribution is -0.145. The molecule has 0 bridgehead atoms. The zero-order valence-electron chi connectivity index (χ0n) is 15.5. The van der Waals surface area contributed by atoms with E-state index in [0.717, 1.165) is 16.9 Å². The predicted octanol–water partition coefficient (Wildman–Crippen LogP) is 3.55. The normalized spacial score (nSPS) is 19.7. The van der Waals surface area contributed by atoms with E-state index in [1.165, 1.54) is 0 Å². The van der Waals surface area contributed by atoms with Crippen LogP contribution in [0.3, 0.4) is 0 Å². The lowest BCUT2D eigenvalue weighted by Crippen LogP contribution is -2.26. The molecule has 3 rings (SSSR count). The van der Waals surface area contributed by atoms with Crippen molar-refractivity contribution in [2.75, 3.05) is 41.7 Å². The average molecular weight is 360 g/mol. The summed E-state index contributed by atoms with van der Waals surface area (Å²) in [5, 5.41) is 0. The molecule has 1 aliphatic rings. The highest BCUT2D eigenvalue weighted by atomic mass is 16.6. The minimum Gasteiger partial charge on any atom is -0.497 e. The van der Waals surface area contributed by atoms with Crippen LogP contribution in [-0.2, 0) is 9.47 Å². The molecule has 6 heteroatoms. The van der Waals surface area contributed by atoms with Crippen LogP contribution in [0.5, 0.6) is 23.0 Å². The van der Waals surface area contributed by atoms with Crippen molar-refractivity contribution in [1.29, 1.82) is 0 Å². The Labute approximate surface area is 153 Å². The van der Waals surface area contributed by atoms with E-state index < -0.39 is 0 Å². The van der Waals surface area contributed by atoms with Gasteiger partial charge in [-0.2, -0.15) is 0 Å². The third-order valence-electron chi connectivity index (χ3n) is 4.41. The second kappa shape index (κ2) is 8.29. The van der Waals surface area contributed by atoms with Crippen LogP contribution in [0.1, 0.15) is 23.3 Å². The fourth-order valence-electron chi connectivity index (χ4n) is 3.13. The molecule has 0 aliphatic carbocycles. The molecule has 0 unspecified atom stereocenters. The minimum absolute atomic E-state index is 0.238. The first-order valence-electron chi connectivity index (χ1n) is 8.38. The molecule has 140 valence electrons. The van der Waals surface area contributed by atoms with E-state index in [-0.39, 0.29) is 12.2 Å². The Bertz CT molecular complexity index is 703. The van der Waals surface area contributed by atoms with Crippen LogP contribution >= 0.6 is 0 Å². The molecule has 1 fully saturated rings. The Morgan fingerprint density at radius 3 is 1.69 bits per heavy atom. The number of hydrogen-bond donors (Lipinski definition) is 0.